The van der Waals surface area contributed by atoms with Crippen molar-refractivity contribution in [3.05, 3.63) is 52.8 Å². The molecule has 1 heterocycles. The van der Waals surface area contributed by atoms with E-state index in [2.05, 4.69) is 10.3 Å². The van der Waals surface area contributed by atoms with Gasteiger partial charge in [0, 0.05) is 24.2 Å². The number of aryl methyl sites for hydroxylation is 2. The van der Waals surface area contributed by atoms with Crippen molar-refractivity contribution in [2.45, 2.75) is 20.5 Å². The molecule has 0 aliphatic carbocycles. The van der Waals surface area contributed by atoms with E-state index in [-0.39, 0.29) is 0 Å². The Kier molecular flexibility index (Phi) is 4.88. The highest BCUT2D eigenvalue weighted by atomic mass is 32.1. The standard InChI is InChI=1S/C16H19N3OS/c1-10-7-14(15(16(17)21)11(2)18-10)19-13-6-4-5-12(8-13)9-20-3/h4-8H,9H2,1-3H3,(H2,17,21)(H,18,19). The first-order chi connectivity index (χ1) is 10.0. The number of benzene rings is 1. The summed E-state index contributed by atoms with van der Waals surface area (Å²) in [5, 5.41) is 3.37. The van der Waals surface area contributed by atoms with E-state index in [1.54, 1.807) is 7.11 Å². The second-order valence-electron chi connectivity index (χ2n) is 4.89. The molecule has 2 aromatic rings. The molecule has 110 valence electrons. The lowest BCUT2D eigenvalue weighted by Crippen LogP contribution is -2.15. The predicted molar refractivity (Wildman–Crippen MR) is 90.0 cm³/mol. The van der Waals surface area contributed by atoms with Crippen molar-refractivity contribution < 1.29 is 4.74 Å². The van der Waals surface area contributed by atoms with Gasteiger partial charge in [-0.3, -0.25) is 4.98 Å². The number of nitrogens with zero attached hydrogens (tertiary/aromatic N) is 1. The molecule has 0 fully saturated rings. The summed E-state index contributed by atoms with van der Waals surface area (Å²) in [7, 11) is 1.68. The minimum Gasteiger partial charge on any atom is -0.389 e. The van der Waals surface area contributed by atoms with Crippen LogP contribution in [-0.4, -0.2) is 17.1 Å². The Morgan fingerprint density at radius 1 is 1.33 bits per heavy atom. The van der Waals surface area contributed by atoms with Gasteiger partial charge in [-0.15, -0.1) is 0 Å². The smallest absolute Gasteiger partial charge is 0.107 e. The van der Waals surface area contributed by atoms with Crippen LogP contribution >= 0.6 is 12.2 Å². The maximum atomic E-state index is 5.83. The molecule has 21 heavy (non-hydrogen) atoms. The zero-order valence-electron chi connectivity index (χ0n) is 12.4. The molecule has 0 spiro atoms. The van der Waals surface area contributed by atoms with Gasteiger partial charge in [-0.1, -0.05) is 24.4 Å². The zero-order valence-corrected chi connectivity index (χ0v) is 13.3. The Morgan fingerprint density at radius 3 is 2.76 bits per heavy atom. The van der Waals surface area contributed by atoms with Gasteiger partial charge in [0.25, 0.3) is 0 Å². The molecule has 0 atom stereocenters. The molecular weight excluding hydrogens is 282 g/mol. The average Bonchev–Trinajstić information content (AvgIpc) is 2.38. The molecule has 0 saturated carbocycles. The van der Waals surface area contributed by atoms with Crippen LogP contribution in [-0.2, 0) is 11.3 Å². The van der Waals surface area contributed by atoms with E-state index in [9.17, 15) is 0 Å². The third-order valence-corrected chi connectivity index (χ3v) is 3.30. The minimum absolute atomic E-state index is 0.343. The number of nitrogens with two attached hydrogens (primary N) is 1. The fourth-order valence-corrected chi connectivity index (χ4v) is 2.56. The summed E-state index contributed by atoms with van der Waals surface area (Å²) in [6.45, 7) is 4.43. The van der Waals surface area contributed by atoms with Crippen molar-refractivity contribution >= 4 is 28.6 Å². The molecule has 3 N–H and O–H groups in total. The topological polar surface area (TPSA) is 60.2 Å². The Bertz CT molecular complexity index is 671. The first-order valence-electron chi connectivity index (χ1n) is 6.64. The van der Waals surface area contributed by atoms with Crippen LogP contribution in [0.4, 0.5) is 11.4 Å². The number of hydrogen-bond acceptors (Lipinski definition) is 4. The maximum absolute atomic E-state index is 5.83. The molecule has 0 amide bonds. The largest absolute Gasteiger partial charge is 0.389 e. The summed E-state index contributed by atoms with van der Waals surface area (Å²) in [5.41, 5.74) is 11.3. The maximum Gasteiger partial charge on any atom is 0.107 e. The van der Waals surface area contributed by atoms with Crippen molar-refractivity contribution in [1.82, 2.24) is 4.98 Å². The summed E-state index contributed by atoms with van der Waals surface area (Å²) < 4.78 is 5.15. The number of pyridine rings is 1. The van der Waals surface area contributed by atoms with Gasteiger partial charge in [-0.05, 0) is 37.6 Å². The van der Waals surface area contributed by atoms with Crippen molar-refractivity contribution in [3.8, 4) is 0 Å². The van der Waals surface area contributed by atoms with Crippen LogP contribution in [0.5, 0.6) is 0 Å². The number of ether oxygens (including phenoxy) is 1. The summed E-state index contributed by atoms with van der Waals surface area (Å²) in [5.74, 6) is 0. The van der Waals surface area contributed by atoms with Gasteiger partial charge in [0.05, 0.1) is 17.9 Å². The van der Waals surface area contributed by atoms with Gasteiger partial charge in [0.1, 0.15) is 4.99 Å². The van der Waals surface area contributed by atoms with Crippen LogP contribution in [0.1, 0.15) is 22.5 Å². The van der Waals surface area contributed by atoms with Crippen LogP contribution in [0.15, 0.2) is 30.3 Å². The lowest BCUT2D eigenvalue weighted by atomic mass is 10.1. The molecule has 5 heteroatoms. The summed E-state index contributed by atoms with van der Waals surface area (Å²) >= 11 is 5.14. The van der Waals surface area contributed by atoms with Gasteiger partial charge < -0.3 is 15.8 Å². The molecular formula is C16H19N3OS. The summed E-state index contributed by atoms with van der Waals surface area (Å²) in [4.78, 5) is 4.76. The van der Waals surface area contributed by atoms with E-state index < -0.39 is 0 Å². The molecule has 1 aromatic heterocycles. The van der Waals surface area contributed by atoms with Gasteiger partial charge in [-0.2, -0.15) is 0 Å². The lowest BCUT2D eigenvalue weighted by Gasteiger charge is -2.15. The number of anilines is 2. The van der Waals surface area contributed by atoms with Crippen LogP contribution in [0.3, 0.4) is 0 Å². The third kappa shape index (κ3) is 3.77. The second kappa shape index (κ2) is 6.65. The van der Waals surface area contributed by atoms with Crippen molar-refractivity contribution in [2.24, 2.45) is 5.73 Å². The van der Waals surface area contributed by atoms with Crippen LogP contribution < -0.4 is 11.1 Å². The first-order valence-corrected chi connectivity index (χ1v) is 7.05. The monoisotopic (exact) mass is 301 g/mol. The Balaban J connectivity index is 2.39. The highest BCUT2D eigenvalue weighted by Crippen LogP contribution is 2.24. The summed E-state index contributed by atoms with van der Waals surface area (Å²) in [6.07, 6.45) is 0. The highest BCUT2D eigenvalue weighted by Gasteiger charge is 2.11. The SMILES string of the molecule is COCc1cccc(Nc2cc(C)nc(C)c2C(N)=S)c1. The van der Waals surface area contributed by atoms with Crippen molar-refractivity contribution in [3.63, 3.8) is 0 Å². The number of rotatable bonds is 5. The van der Waals surface area contributed by atoms with E-state index in [1.165, 1.54) is 0 Å². The molecule has 0 aliphatic heterocycles. The number of nitrogens with one attached hydrogen (secondary N) is 1. The molecule has 0 radical (unpaired) electrons. The highest BCUT2D eigenvalue weighted by molar-refractivity contribution is 7.80. The van der Waals surface area contributed by atoms with Gasteiger partial charge in [0.2, 0.25) is 0 Å². The second-order valence-corrected chi connectivity index (χ2v) is 5.33. The fourth-order valence-electron chi connectivity index (χ4n) is 2.30. The molecule has 1 aromatic carbocycles. The van der Waals surface area contributed by atoms with E-state index in [4.69, 9.17) is 22.7 Å². The van der Waals surface area contributed by atoms with Crippen LogP contribution in [0.25, 0.3) is 0 Å². The summed E-state index contributed by atoms with van der Waals surface area (Å²) in [6, 6.07) is 9.99. The Hall–Kier alpha value is -1.98. The Morgan fingerprint density at radius 2 is 2.10 bits per heavy atom. The molecule has 0 unspecified atom stereocenters. The van der Waals surface area contributed by atoms with Crippen molar-refractivity contribution in [1.29, 1.82) is 0 Å². The van der Waals surface area contributed by atoms with Crippen LogP contribution in [0.2, 0.25) is 0 Å². The minimum atomic E-state index is 0.343. The zero-order chi connectivity index (χ0) is 15.4. The number of methoxy groups -OCH3 is 1. The van der Waals surface area contributed by atoms with Crippen molar-refractivity contribution in [2.75, 3.05) is 12.4 Å². The molecule has 4 nitrogen and oxygen atoms in total. The number of aromatic nitrogens is 1. The van der Waals surface area contributed by atoms with Crippen LogP contribution in [0, 0.1) is 13.8 Å². The van der Waals surface area contributed by atoms with E-state index in [0.29, 0.717) is 11.6 Å². The Labute approximate surface area is 130 Å². The van der Waals surface area contributed by atoms with Gasteiger partial charge in [-0.25, -0.2) is 0 Å². The van der Waals surface area contributed by atoms with Gasteiger partial charge in [0.15, 0.2) is 0 Å². The lowest BCUT2D eigenvalue weighted by molar-refractivity contribution is 0.185. The quantitative estimate of drug-likeness (QED) is 0.830. The normalized spacial score (nSPS) is 10.4. The first kappa shape index (κ1) is 15.4. The average molecular weight is 301 g/mol. The molecule has 0 aliphatic rings. The van der Waals surface area contributed by atoms with E-state index in [0.717, 1.165) is 33.9 Å². The molecule has 0 bridgehead atoms. The third-order valence-electron chi connectivity index (χ3n) is 3.09. The number of hydrogen-bond donors (Lipinski definition) is 2. The van der Waals surface area contributed by atoms with Gasteiger partial charge >= 0.3 is 0 Å². The van der Waals surface area contributed by atoms with E-state index >= 15 is 0 Å². The molecule has 0 saturated heterocycles. The predicted octanol–water partition coefficient (Wildman–Crippen LogP) is 3.22. The molecule has 2 rings (SSSR count). The fraction of sp³-hybridized carbons (Fsp3) is 0.250. The number of thiocarbonyl (C=S) groups is 1. The van der Waals surface area contributed by atoms with E-state index in [1.807, 2.05) is 44.2 Å².